The van der Waals surface area contributed by atoms with Crippen molar-refractivity contribution in [1.82, 2.24) is 29.5 Å². The predicted octanol–water partition coefficient (Wildman–Crippen LogP) is 4.75. The lowest BCUT2D eigenvalue weighted by Crippen LogP contribution is -2.26. The van der Waals surface area contributed by atoms with Crippen molar-refractivity contribution in [2.45, 2.75) is 13.3 Å². The van der Waals surface area contributed by atoms with Gasteiger partial charge in [-0.1, -0.05) is 6.58 Å². The number of pyridine rings is 1. The topological polar surface area (TPSA) is 110 Å². The summed E-state index contributed by atoms with van der Waals surface area (Å²) in [7, 11) is 3.98. The Kier molecular flexibility index (Phi) is 6.94. The molecule has 0 radical (unpaired) electrons. The van der Waals surface area contributed by atoms with Crippen molar-refractivity contribution in [2.24, 2.45) is 0 Å². The summed E-state index contributed by atoms with van der Waals surface area (Å²) in [6, 6.07) is 13.3. The van der Waals surface area contributed by atoms with E-state index >= 15 is 0 Å². The zero-order valence-electron chi connectivity index (χ0n) is 23.2. The van der Waals surface area contributed by atoms with Crippen molar-refractivity contribution >= 4 is 39.6 Å². The van der Waals surface area contributed by atoms with E-state index in [2.05, 4.69) is 31.9 Å². The molecule has 1 amide bonds. The lowest BCUT2D eigenvalue weighted by molar-refractivity contribution is -0.114. The summed E-state index contributed by atoms with van der Waals surface area (Å²) in [5.74, 6) is 2.52. The number of hydrogen-bond acceptors (Lipinski definition) is 9. The van der Waals surface area contributed by atoms with Gasteiger partial charge in [0.1, 0.15) is 42.3 Å². The van der Waals surface area contributed by atoms with Gasteiger partial charge in [0.25, 0.3) is 5.91 Å². The second-order valence-electron chi connectivity index (χ2n) is 10.2. The predicted molar refractivity (Wildman–Crippen MR) is 157 cm³/mol. The minimum Gasteiger partial charge on any atom is -0.490 e. The minimum atomic E-state index is -0.0949. The number of aromatic nitrogens is 5. The fourth-order valence-electron chi connectivity index (χ4n) is 4.68. The van der Waals surface area contributed by atoms with Crippen molar-refractivity contribution in [3.63, 3.8) is 0 Å². The second kappa shape index (κ2) is 10.9. The Balaban J connectivity index is 1.29. The molecule has 1 saturated heterocycles. The Morgan fingerprint density at radius 1 is 1.05 bits per heavy atom. The normalized spacial score (nSPS) is 13.5. The fourth-order valence-corrected chi connectivity index (χ4v) is 4.68. The molecule has 0 atom stereocenters. The Morgan fingerprint density at radius 2 is 1.93 bits per heavy atom. The van der Waals surface area contributed by atoms with Gasteiger partial charge >= 0.3 is 0 Å². The van der Waals surface area contributed by atoms with Crippen LogP contribution in [-0.4, -0.2) is 69.2 Å². The molecule has 0 unspecified atom stereocenters. The number of carbonyl (C=O) groups is 1. The molecule has 41 heavy (non-hydrogen) atoms. The molecular weight excluding hydrogens is 520 g/mol. The lowest BCUT2D eigenvalue weighted by Gasteiger charge is -2.22. The highest BCUT2D eigenvalue weighted by atomic mass is 16.5. The van der Waals surface area contributed by atoms with Crippen LogP contribution in [0.1, 0.15) is 12.0 Å². The van der Waals surface area contributed by atoms with Crippen LogP contribution in [0.4, 0.5) is 17.2 Å². The third kappa shape index (κ3) is 5.39. The summed E-state index contributed by atoms with van der Waals surface area (Å²) in [5, 5.41) is 8.30. The van der Waals surface area contributed by atoms with Crippen LogP contribution in [-0.2, 0) is 4.79 Å². The van der Waals surface area contributed by atoms with E-state index in [-0.39, 0.29) is 5.91 Å². The molecule has 4 heterocycles. The van der Waals surface area contributed by atoms with Crippen LogP contribution in [0.25, 0.3) is 16.6 Å². The highest BCUT2D eigenvalue weighted by molar-refractivity contribution is 6.10. The number of amides is 1. The zero-order valence-corrected chi connectivity index (χ0v) is 23.2. The van der Waals surface area contributed by atoms with Gasteiger partial charge in [0.15, 0.2) is 5.65 Å². The molecule has 6 rings (SSSR count). The quantitative estimate of drug-likeness (QED) is 0.260. The Hall–Kier alpha value is -5.03. The van der Waals surface area contributed by atoms with Crippen LogP contribution >= 0.6 is 0 Å². The summed E-state index contributed by atoms with van der Waals surface area (Å²) in [6.45, 7) is 7.67. The van der Waals surface area contributed by atoms with E-state index in [9.17, 15) is 4.79 Å². The van der Waals surface area contributed by atoms with E-state index < -0.39 is 0 Å². The average Bonchev–Trinajstić information content (AvgIpc) is 3.55. The number of aryl methyl sites for hydroxylation is 1. The Bertz CT molecular complexity index is 1780. The monoisotopic (exact) mass is 550 g/mol. The lowest BCUT2D eigenvalue weighted by atomic mass is 10.1. The number of rotatable bonds is 9. The summed E-state index contributed by atoms with van der Waals surface area (Å²) in [5.41, 5.74) is 4.46. The Labute approximate surface area is 237 Å². The smallest absolute Gasteiger partial charge is 0.253 e. The number of benzene rings is 2. The number of ether oxygens (including phenoxy) is 2. The molecule has 1 fully saturated rings. The van der Waals surface area contributed by atoms with Crippen LogP contribution in [0.3, 0.4) is 0 Å². The molecule has 3 aromatic heterocycles. The molecule has 5 aromatic rings. The second-order valence-corrected chi connectivity index (χ2v) is 10.2. The van der Waals surface area contributed by atoms with Gasteiger partial charge in [0.2, 0.25) is 0 Å². The third-order valence-electron chi connectivity index (χ3n) is 6.91. The summed E-state index contributed by atoms with van der Waals surface area (Å²) >= 11 is 0. The molecular formula is C30H30N8O3. The van der Waals surface area contributed by atoms with Crippen molar-refractivity contribution in [3.8, 4) is 17.2 Å². The van der Waals surface area contributed by atoms with E-state index in [1.807, 2.05) is 74.6 Å². The van der Waals surface area contributed by atoms with Crippen LogP contribution in [0, 0.1) is 6.92 Å². The molecule has 208 valence electrons. The van der Waals surface area contributed by atoms with Gasteiger partial charge in [-0.25, -0.2) is 19.5 Å². The largest absolute Gasteiger partial charge is 0.490 e. The number of carbonyl (C=O) groups excluding carboxylic acids is 1. The number of nitrogens with zero attached hydrogens (tertiary/aromatic N) is 7. The number of fused-ring (bicyclic) bond motifs is 2. The summed E-state index contributed by atoms with van der Waals surface area (Å²) < 4.78 is 13.9. The number of hydrogen-bond donors (Lipinski definition) is 1. The number of likely N-dealkylation sites (N-methyl/N-ethyl adjacent to an activating group) is 1. The standard InChI is InChI=1S/C30H30N8O3/c1-19-7-9-37(30(19)39)25-15-23-24(16-27(25)40-12-11-36(3)4)31-17-33-29(23)35-21-5-6-26(20(2)13-21)41-22-8-10-38-28(14-22)32-18-34-38/h5-6,8,10,13-18H,1,7,9,11-12H2,2-4H3,(H,31,33,35). The SMILES string of the molecule is C=C1CCN(c2cc3c(Nc4ccc(Oc5ccn6ncnc6c5)c(C)c4)ncnc3cc2OCCN(C)C)C1=O. The molecule has 11 nitrogen and oxygen atoms in total. The number of nitrogens with one attached hydrogen (secondary N) is 1. The van der Waals surface area contributed by atoms with E-state index in [1.165, 1.54) is 12.7 Å². The maximum atomic E-state index is 12.9. The van der Waals surface area contributed by atoms with Gasteiger partial charge in [-0.05, 0) is 63.3 Å². The molecule has 2 aromatic carbocycles. The number of anilines is 3. The van der Waals surface area contributed by atoms with E-state index in [1.54, 1.807) is 9.42 Å². The van der Waals surface area contributed by atoms with Gasteiger partial charge in [-0.2, -0.15) is 5.10 Å². The van der Waals surface area contributed by atoms with Crippen molar-refractivity contribution in [1.29, 1.82) is 0 Å². The van der Waals surface area contributed by atoms with Crippen LogP contribution in [0.2, 0.25) is 0 Å². The first-order chi connectivity index (χ1) is 19.9. The minimum absolute atomic E-state index is 0.0949. The van der Waals surface area contributed by atoms with E-state index in [0.717, 1.165) is 28.9 Å². The fraction of sp³-hybridized carbons (Fsp3) is 0.233. The van der Waals surface area contributed by atoms with E-state index in [4.69, 9.17) is 9.47 Å². The maximum absolute atomic E-state index is 12.9. The van der Waals surface area contributed by atoms with Gasteiger partial charge in [0.05, 0.1) is 11.2 Å². The zero-order chi connectivity index (χ0) is 28.5. The molecule has 1 aliphatic rings. The van der Waals surface area contributed by atoms with Crippen LogP contribution in [0.5, 0.6) is 17.2 Å². The van der Waals surface area contributed by atoms with Gasteiger partial charge in [0, 0.05) is 48.1 Å². The first kappa shape index (κ1) is 26.2. The van der Waals surface area contributed by atoms with Crippen molar-refractivity contribution in [2.75, 3.05) is 44.0 Å². The molecule has 0 saturated carbocycles. The first-order valence-electron chi connectivity index (χ1n) is 13.3. The van der Waals surface area contributed by atoms with Crippen LogP contribution in [0.15, 0.2) is 73.5 Å². The average molecular weight is 551 g/mol. The molecule has 1 N–H and O–H groups in total. The van der Waals surface area contributed by atoms with Gasteiger partial charge < -0.3 is 24.6 Å². The summed E-state index contributed by atoms with van der Waals surface area (Å²) in [4.78, 5) is 29.9. The molecule has 0 aliphatic carbocycles. The molecule has 0 bridgehead atoms. The molecule has 0 spiro atoms. The highest BCUT2D eigenvalue weighted by Gasteiger charge is 2.29. The van der Waals surface area contributed by atoms with Gasteiger partial charge in [-0.15, -0.1) is 0 Å². The molecule has 1 aliphatic heterocycles. The third-order valence-corrected chi connectivity index (χ3v) is 6.91. The van der Waals surface area contributed by atoms with Crippen molar-refractivity contribution in [3.05, 3.63) is 79.0 Å². The van der Waals surface area contributed by atoms with Crippen molar-refractivity contribution < 1.29 is 14.3 Å². The van der Waals surface area contributed by atoms with Crippen LogP contribution < -0.4 is 19.7 Å². The molecule has 11 heteroatoms. The maximum Gasteiger partial charge on any atom is 0.253 e. The first-order valence-corrected chi connectivity index (χ1v) is 13.3. The van der Waals surface area contributed by atoms with E-state index in [0.29, 0.717) is 59.3 Å². The van der Waals surface area contributed by atoms with Gasteiger partial charge in [-0.3, -0.25) is 4.79 Å². The highest BCUT2D eigenvalue weighted by Crippen LogP contribution is 2.38. The summed E-state index contributed by atoms with van der Waals surface area (Å²) in [6.07, 6.45) is 5.44. The Morgan fingerprint density at radius 3 is 2.71 bits per heavy atom.